The van der Waals surface area contributed by atoms with E-state index in [0.29, 0.717) is 24.7 Å². The van der Waals surface area contributed by atoms with E-state index in [0.717, 1.165) is 16.8 Å². The van der Waals surface area contributed by atoms with Crippen molar-refractivity contribution >= 4 is 17.3 Å². The number of aromatic nitrogens is 1. The third-order valence-electron chi connectivity index (χ3n) is 5.56. The second kappa shape index (κ2) is 6.51. The summed E-state index contributed by atoms with van der Waals surface area (Å²) in [7, 11) is 0. The van der Waals surface area contributed by atoms with Gasteiger partial charge in [-0.3, -0.25) is 0 Å². The van der Waals surface area contributed by atoms with Gasteiger partial charge in [0.05, 0.1) is 17.5 Å². The van der Waals surface area contributed by atoms with E-state index in [1.165, 1.54) is 0 Å². The molecule has 0 radical (unpaired) electrons. The summed E-state index contributed by atoms with van der Waals surface area (Å²) in [4.78, 5) is 11.4. The van der Waals surface area contributed by atoms with Crippen LogP contribution in [0.1, 0.15) is 11.1 Å². The number of alkyl halides is 2. The van der Waals surface area contributed by atoms with Crippen molar-refractivity contribution in [1.29, 1.82) is 0 Å². The predicted octanol–water partition coefficient (Wildman–Crippen LogP) is 4.95. The van der Waals surface area contributed by atoms with Gasteiger partial charge in [-0.2, -0.15) is 0 Å². The molecule has 0 N–H and O–H groups in total. The molecule has 5 heteroatoms. The van der Waals surface area contributed by atoms with Crippen LogP contribution in [-0.4, -0.2) is 29.7 Å². The molecular formula is C23H19F2N3. The van der Waals surface area contributed by atoms with Gasteiger partial charge in [-0.1, -0.05) is 66.7 Å². The summed E-state index contributed by atoms with van der Waals surface area (Å²) < 4.78 is 27.0. The molecule has 1 saturated heterocycles. The molecule has 3 nitrogen and oxygen atoms in total. The van der Waals surface area contributed by atoms with E-state index in [1.807, 2.05) is 83.8 Å². The van der Waals surface area contributed by atoms with Crippen molar-refractivity contribution in [2.45, 2.75) is 5.92 Å². The molecule has 2 fully saturated rings. The summed E-state index contributed by atoms with van der Waals surface area (Å²) >= 11 is 0. The first-order valence-corrected chi connectivity index (χ1v) is 9.42. The summed E-state index contributed by atoms with van der Waals surface area (Å²) in [5.74, 6) is -2.24. The fourth-order valence-corrected chi connectivity index (χ4v) is 3.95. The highest BCUT2D eigenvalue weighted by Crippen LogP contribution is 2.59. The number of pyridine rings is 1. The molecule has 2 heterocycles. The van der Waals surface area contributed by atoms with Crippen LogP contribution in [0.3, 0.4) is 0 Å². The fraction of sp³-hybridized carbons (Fsp3) is 0.217. The second-order valence-corrected chi connectivity index (χ2v) is 7.34. The highest BCUT2D eigenvalue weighted by atomic mass is 19.3. The molecule has 1 aliphatic carbocycles. The maximum atomic E-state index is 13.5. The summed E-state index contributed by atoms with van der Waals surface area (Å²) in [5.41, 5.74) is 2.84. The minimum atomic E-state index is -2.49. The smallest absolute Gasteiger partial charge is 0.258 e. The van der Waals surface area contributed by atoms with Gasteiger partial charge < -0.3 is 4.90 Å². The average Bonchev–Trinajstić information content (AvgIpc) is 3.08. The first kappa shape index (κ1) is 17.0. The lowest BCUT2D eigenvalue weighted by molar-refractivity contribution is 0.0797. The molecule has 2 atom stereocenters. The zero-order valence-corrected chi connectivity index (χ0v) is 15.2. The van der Waals surface area contributed by atoms with Crippen LogP contribution in [0.25, 0.3) is 0 Å². The highest BCUT2D eigenvalue weighted by molar-refractivity contribution is 6.13. The molecular weight excluding hydrogens is 356 g/mol. The van der Waals surface area contributed by atoms with E-state index in [1.54, 1.807) is 0 Å². The highest BCUT2D eigenvalue weighted by Gasteiger charge is 2.71. The normalized spacial score (nSPS) is 21.9. The molecule has 0 spiro atoms. The van der Waals surface area contributed by atoms with Gasteiger partial charge in [0.2, 0.25) is 0 Å². The van der Waals surface area contributed by atoms with Gasteiger partial charge in [-0.15, -0.1) is 0 Å². The Bertz CT molecular complexity index is 963. The number of benzene rings is 2. The van der Waals surface area contributed by atoms with Crippen LogP contribution < -0.4 is 4.90 Å². The zero-order valence-electron chi connectivity index (χ0n) is 15.2. The number of hydrogen-bond acceptors (Lipinski definition) is 3. The van der Waals surface area contributed by atoms with Crippen molar-refractivity contribution in [3.8, 4) is 0 Å². The van der Waals surface area contributed by atoms with Crippen molar-refractivity contribution < 1.29 is 8.78 Å². The van der Waals surface area contributed by atoms with Crippen molar-refractivity contribution in [1.82, 2.24) is 4.98 Å². The van der Waals surface area contributed by atoms with Crippen molar-refractivity contribution in [3.63, 3.8) is 0 Å². The Kier molecular flexibility index (Phi) is 3.97. The molecule has 140 valence electrons. The lowest BCUT2D eigenvalue weighted by Gasteiger charge is -2.20. The molecule has 1 aliphatic heterocycles. The van der Waals surface area contributed by atoms with Gasteiger partial charge in [0, 0.05) is 24.2 Å². The van der Waals surface area contributed by atoms with Gasteiger partial charge in [0.1, 0.15) is 5.82 Å². The van der Waals surface area contributed by atoms with E-state index in [4.69, 9.17) is 4.99 Å². The number of halogens is 2. The van der Waals surface area contributed by atoms with E-state index >= 15 is 0 Å². The molecule has 0 bridgehead atoms. The van der Waals surface area contributed by atoms with Crippen LogP contribution >= 0.6 is 0 Å². The number of hydrogen-bond donors (Lipinski definition) is 0. The number of aliphatic imine (C=N–C) groups is 1. The molecule has 1 aromatic heterocycles. The summed E-state index contributed by atoms with van der Waals surface area (Å²) in [6, 6.07) is 25.5. The standard InChI is InChI=1S/C23H19F2N3/c24-23(25)18-14-28(15-19(18)23)21-13-7-12-20(26-21)27-22(16-8-3-1-4-9-16)17-10-5-2-6-11-17/h1-13,18-19H,14-15H2. The molecule has 2 unspecified atom stereocenters. The van der Waals surface area contributed by atoms with Crippen molar-refractivity contribution in [3.05, 3.63) is 90.0 Å². The van der Waals surface area contributed by atoms with E-state index in [9.17, 15) is 8.78 Å². The molecule has 2 aliphatic rings. The Balaban J connectivity index is 1.48. The minimum Gasteiger partial charge on any atom is -0.356 e. The monoisotopic (exact) mass is 375 g/mol. The van der Waals surface area contributed by atoms with E-state index < -0.39 is 17.8 Å². The second-order valence-electron chi connectivity index (χ2n) is 7.34. The minimum absolute atomic E-state index is 0.363. The summed E-state index contributed by atoms with van der Waals surface area (Å²) in [5, 5.41) is 0. The average molecular weight is 375 g/mol. The van der Waals surface area contributed by atoms with Gasteiger partial charge in [-0.25, -0.2) is 18.8 Å². The van der Waals surface area contributed by atoms with E-state index in [-0.39, 0.29) is 0 Å². The van der Waals surface area contributed by atoms with Crippen LogP contribution in [-0.2, 0) is 0 Å². The number of nitrogens with zero attached hydrogens (tertiary/aromatic N) is 3. The lowest BCUT2D eigenvalue weighted by Crippen LogP contribution is -2.27. The molecule has 1 saturated carbocycles. The topological polar surface area (TPSA) is 28.5 Å². The van der Waals surface area contributed by atoms with Crippen molar-refractivity contribution in [2.75, 3.05) is 18.0 Å². The Morgan fingerprint density at radius 1 is 0.821 bits per heavy atom. The van der Waals surface area contributed by atoms with Gasteiger partial charge in [-0.05, 0) is 12.1 Å². The molecule has 0 amide bonds. The fourth-order valence-electron chi connectivity index (χ4n) is 3.95. The van der Waals surface area contributed by atoms with Crippen LogP contribution in [0.4, 0.5) is 20.4 Å². The zero-order chi connectivity index (χ0) is 19.1. The Labute approximate surface area is 162 Å². The van der Waals surface area contributed by atoms with Crippen LogP contribution in [0.5, 0.6) is 0 Å². The predicted molar refractivity (Wildman–Crippen MR) is 107 cm³/mol. The maximum absolute atomic E-state index is 13.5. The van der Waals surface area contributed by atoms with Gasteiger partial charge >= 0.3 is 0 Å². The molecule has 5 rings (SSSR count). The Morgan fingerprint density at radius 3 is 1.96 bits per heavy atom. The SMILES string of the molecule is FC1(F)C2CN(c3cccc(N=C(c4ccccc4)c4ccccc4)n3)CC21. The number of piperidine rings is 1. The van der Waals surface area contributed by atoms with E-state index in [2.05, 4.69) is 4.98 Å². The quantitative estimate of drug-likeness (QED) is 0.604. The van der Waals surface area contributed by atoms with Gasteiger partial charge in [0.15, 0.2) is 5.82 Å². The first-order valence-electron chi connectivity index (χ1n) is 9.42. The lowest BCUT2D eigenvalue weighted by atomic mass is 10.0. The van der Waals surface area contributed by atoms with Crippen molar-refractivity contribution in [2.24, 2.45) is 16.8 Å². The summed E-state index contributed by atoms with van der Waals surface area (Å²) in [6.07, 6.45) is 0. The van der Waals surface area contributed by atoms with Gasteiger partial charge in [0.25, 0.3) is 5.92 Å². The maximum Gasteiger partial charge on any atom is 0.258 e. The number of fused-ring (bicyclic) bond motifs is 1. The van der Waals surface area contributed by atoms with Crippen LogP contribution in [0, 0.1) is 11.8 Å². The third-order valence-corrected chi connectivity index (χ3v) is 5.56. The number of anilines is 1. The molecule has 3 aromatic rings. The Hall–Kier alpha value is -3.08. The molecule has 2 aromatic carbocycles. The summed E-state index contributed by atoms with van der Waals surface area (Å²) in [6.45, 7) is 0.726. The largest absolute Gasteiger partial charge is 0.356 e. The van der Waals surface area contributed by atoms with Crippen LogP contribution in [0.2, 0.25) is 0 Å². The Morgan fingerprint density at radius 2 is 1.39 bits per heavy atom. The third kappa shape index (κ3) is 2.97. The number of rotatable bonds is 4. The first-order chi connectivity index (χ1) is 13.6. The van der Waals surface area contributed by atoms with Crippen LogP contribution in [0.15, 0.2) is 83.9 Å². The molecule has 28 heavy (non-hydrogen) atoms.